The third-order valence-electron chi connectivity index (χ3n) is 5.64. The van der Waals surface area contributed by atoms with Gasteiger partial charge in [0.05, 0.1) is 23.4 Å². The van der Waals surface area contributed by atoms with Gasteiger partial charge in [0.15, 0.2) is 0 Å². The average molecular weight is 455 g/mol. The zero-order valence-corrected chi connectivity index (χ0v) is 18.2. The molecule has 2 amide bonds. The number of urea groups is 1. The molecular weight excluding hydrogens is 430 g/mol. The molecule has 0 radical (unpaired) electrons. The number of nitro groups is 1. The number of piperazine rings is 1. The molecule has 3 heterocycles. The second-order valence-electron chi connectivity index (χ2n) is 7.70. The number of benzene rings is 1. The first kappa shape index (κ1) is 22.3. The number of nitrogens with one attached hydrogen (secondary N) is 2. The van der Waals surface area contributed by atoms with Gasteiger partial charge in [-0.25, -0.2) is 9.59 Å². The fourth-order valence-corrected chi connectivity index (χ4v) is 4.05. The number of rotatable bonds is 7. The highest BCUT2D eigenvalue weighted by atomic mass is 16.6. The van der Waals surface area contributed by atoms with Crippen molar-refractivity contribution in [3.63, 3.8) is 0 Å². The molecule has 174 valence electrons. The van der Waals surface area contributed by atoms with Crippen LogP contribution in [0.3, 0.4) is 0 Å². The maximum absolute atomic E-state index is 12.8. The standard InChI is InChI=1S/C22H25N5O6/c1-2-32-21(28)19-17(23-22(29)24-20(19)18-7-4-12-33-18)14-25-8-10-26(11-9-25)15-5-3-6-16(13-15)27(30)31/h3-7,12-13,20H,2,8-11,14H2,1H3,(H2,23,24,29). The van der Waals surface area contributed by atoms with Gasteiger partial charge in [-0.1, -0.05) is 6.07 Å². The lowest BCUT2D eigenvalue weighted by atomic mass is 9.99. The molecule has 11 heteroatoms. The normalized spacial score (nSPS) is 19.1. The highest BCUT2D eigenvalue weighted by molar-refractivity contribution is 5.95. The first-order chi connectivity index (χ1) is 16.0. The van der Waals surface area contributed by atoms with Crippen LogP contribution in [0.4, 0.5) is 16.2 Å². The number of furan rings is 1. The van der Waals surface area contributed by atoms with E-state index < -0.39 is 23.0 Å². The van der Waals surface area contributed by atoms with E-state index in [1.165, 1.54) is 12.3 Å². The predicted octanol–water partition coefficient (Wildman–Crippen LogP) is 2.18. The van der Waals surface area contributed by atoms with Crippen molar-refractivity contribution >= 4 is 23.4 Å². The monoisotopic (exact) mass is 455 g/mol. The maximum Gasteiger partial charge on any atom is 0.338 e. The number of ether oxygens (including phenoxy) is 1. The van der Waals surface area contributed by atoms with Crippen molar-refractivity contribution in [3.05, 3.63) is 69.8 Å². The van der Waals surface area contributed by atoms with E-state index in [1.807, 2.05) is 6.07 Å². The summed E-state index contributed by atoms with van der Waals surface area (Å²) in [5.74, 6) is -0.0717. The van der Waals surface area contributed by atoms with Crippen LogP contribution in [0, 0.1) is 10.1 Å². The number of nitro benzene ring substituents is 1. The van der Waals surface area contributed by atoms with Crippen LogP contribution < -0.4 is 15.5 Å². The molecule has 1 aromatic carbocycles. The fraction of sp³-hybridized carbons (Fsp3) is 0.364. The highest BCUT2D eigenvalue weighted by Gasteiger charge is 2.36. The van der Waals surface area contributed by atoms with Crippen LogP contribution in [0.25, 0.3) is 0 Å². The smallest absolute Gasteiger partial charge is 0.338 e. The second-order valence-corrected chi connectivity index (χ2v) is 7.70. The van der Waals surface area contributed by atoms with E-state index in [-0.39, 0.29) is 12.3 Å². The Morgan fingerprint density at radius 2 is 2.03 bits per heavy atom. The van der Waals surface area contributed by atoms with Crippen molar-refractivity contribution < 1.29 is 23.7 Å². The Bertz CT molecular complexity index is 1060. The lowest BCUT2D eigenvalue weighted by Gasteiger charge is -2.37. The molecule has 4 rings (SSSR count). The summed E-state index contributed by atoms with van der Waals surface area (Å²) >= 11 is 0. The van der Waals surface area contributed by atoms with E-state index in [0.717, 1.165) is 5.69 Å². The number of carbonyl (C=O) groups is 2. The molecule has 2 aromatic rings. The molecule has 0 aliphatic carbocycles. The van der Waals surface area contributed by atoms with Gasteiger partial charge >= 0.3 is 12.0 Å². The number of hydrogen-bond acceptors (Lipinski definition) is 8. The van der Waals surface area contributed by atoms with Gasteiger partial charge in [-0.2, -0.15) is 0 Å². The van der Waals surface area contributed by atoms with E-state index in [2.05, 4.69) is 20.4 Å². The summed E-state index contributed by atoms with van der Waals surface area (Å²) in [7, 11) is 0. The zero-order chi connectivity index (χ0) is 23.4. The minimum atomic E-state index is -0.742. The molecule has 0 saturated carbocycles. The van der Waals surface area contributed by atoms with Crippen LogP contribution in [0.1, 0.15) is 18.7 Å². The number of hydrogen-bond donors (Lipinski definition) is 2. The van der Waals surface area contributed by atoms with Crippen LogP contribution in [-0.4, -0.2) is 61.2 Å². The Hall–Kier alpha value is -3.86. The molecule has 1 saturated heterocycles. The van der Waals surface area contributed by atoms with Gasteiger partial charge in [-0.3, -0.25) is 15.0 Å². The molecule has 0 bridgehead atoms. The fourth-order valence-electron chi connectivity index (χ4n) is 4.05. The van der Waals surface area contributed by atoms with Crippen molar-refractivity contribution in [2.24, 2.45) is 0 Å². The number of nitrogens with zero attached hydrogens (tertiary/aromatic N) is 3. The van der Waals surface area contributed by atoms with Crippen molar-refractivity contribution in [2.45, 2.75) is 13.0 Å². The summed E-state index contributed by atoms with van der Waals surface area (Å²) in [6.07, 6.45) is 1.49. The van der Waals surface area contributed by atoms with Crippen LogP contribution in [0.2, 0.25) is 0 Å². The third kappa shape index (κ3) is 4.98. The Balaban J connectivity index is 1.51. The Labute approximate surface area is 190 Å². The molecule has 11 nitrogen and oxygen atoms in total. The Morgan fingerprint density at radius 1 is 1.24 bits per heavy atom. The van der Waals surface area contributed by atoms with Gasteiger partial charge in [0, 0.05) is 56.2 Å². The van der Waals surface area contributed by atoms with Gasteiger partial charge in [0.2, 0.25) is 0 Å². The van der Waals surface area contributed by atoms with Gasteiger partial charge in [0.25, 0.3) is 5.69 Å². The molecular formula is C22H25N5O6. The number of amides is 2. The Morgan fingerprint density at radius 3 is 2.70 bits per heavy atom. The lowest BCUT2D eigenvalue weighted by Crippen LogP contribution is -2.51. The van der Waals surface area contributed by atoms with E-state index in [1.54, 1.807) is 31.2 Å². The SMILES string of the molecule is CCOC(=O)C1=C(CN2CCN(c3cccc([N+](=O)[O-])c3)CC2)NC(=O)NC1c1ccco1. The summed E-state index contributed by atoms with van der Waals surface area (Å²) in [5, 5.41) is 16.6. The minimum Gasteiger partial charge on any atom is -0.467 e. The third-order valence-corrected chi connectivity index (χ3v) is 5.64. The van der Waals surface area contributed by atoms with E-state index in [4.69, 9.17) is 9.15 Å². The number of anilines is 1. The Kier molecular flexibility index (Phi) is 6.59. The summed E-state index contributed by atoms with van der Waals surface area (Å²) < 4.78 is 10.7. The largest absolute Gasteiger partial charge is 0.467 e. The average Bonchev–Trinajstić information content (AvgIpc) is 3.34. The number of esters is 1. The molecule has 0 spiro atoms. The summed E-state index contributed by atoms with van der Waals surface area (Å²) in [6, 6.07) is 8.80. The molecule has 1 fully saturated rings. The molecule has 2 N–H and O–H groups in total. The zero-order valence-electron chi connectivity index (χ0n) is 18.2. The minimum absolute atomic E-state index is 0.0561. The molecule has 1 atom stereocenters. The van der Waals surface area contributed by atoms with Crippen LogP contribution in [-0.2, 0) is 9.53 Å². The van der Waals surface area contributed by atoms with Gasteiger partial charge in [-0.15, -0.1) is 0 Å². The topological polar surface area (TPSA) is 130 Å². The predicted molar refractivity (Wildman–Crippen MR) is 119 cm³/mol. The van der Waals surface area contributed by atoms with Crippen molar-refractivity contribution in [3.8, 4) is 0 Å². The molecule has 1 aromatic heterocycles. The van der Waals surface area contributed by atoms with Crippen LogP contribution in [0.5, 0.6) is 0 Å². The van der Waals surface area contributed by atoms with Gasteiger partial charge < -0.3 is 24.7 Å². The number of carbonyl (C=O) groups excluding carboxylic acids is 2. The van der Waals surface area contributed by atoms with Crippen molar-refractivity contribution in [1.82, 2.24) is 15.5 Å². The lowest BCUT2D eigenvalue weighted by molar-refractivity contribution is -0.384. The highest BCUT2D eigenvalue weighted by Crippen LogP contribution is 2.29. The van der Waals surface area contributed by atoms with E-state index in [0.29, 0.717) is 49.8 Å². The summed E-state index contributed by atoms with van der Waals surface area (Å²) in [6.45, 7) is 4.88. The van der Waals surface area contributed by atoms with Gasteiger partial charge in [-0.05, 0) is 25.1 Å². The molecule has 33 heavy (non-hydrogen) atoms. The maximum atomic E-state index is 12.8. The van der Waals surface area contributed by atoms with E-state index >= 15 is 0 Å². The quantitative estimate of drug-likeness (QED) is 0.369. The van der Waals surface area contributed by atoms with Gasteiger partial charge in [0.1, 0.15) is 11.8 Å². The van der Waals surface area contributed by atoms with Crippen molar-refractivity contribution in [1.29, 1.82) is 0 Å². The van der Waals surface area contributed by atoms with Crippen LogP contribution in [0.15, 0.2) is 58.3 Å². The van der Waals surface area contributed by atoms with Crippen LogP contribution >= 0.6 is 0 Å². The van der Waals surface area contributed by atoms with Crippen molar-refractivity contribution in [2.75, 3.05) is 44.2 Å². The second kappa shape index (κ2) is 9.74. The first-order valence-electron chi connectivity index (χ1n) is 10.7. The van der Waals surface area contributed by atoms with E-state index in [9.17, 15) is 19.7 Å². The summed E-state index contributed by atoms with van der Waals surface area (Å²) in [5.41, 5.74) is 1.64. The molecule has 2 aliphatic rings. The molecule has 2 aliphatic heterocycles. The number of non-ortho nitro benzene ring substituents is 1. The first-order valence-corrected chi connectivity index (χ1v) is 10.7. The summed E-state index contributed by atoms with van der Waals surface area (Å²) in [4.78, 5) is 40.0. The molecule has 1 unspecified atom stereocenters.